The van der Waals surface area contributed by atoms with Crippen LogP contribution in [0.4, 0.5) is 5.69 Å². The summed E-state index contributed by atoms with van der Waals surface area (Å²) < 4.78 is 15.5. The third kappa shape index (κ3) is 4.29. The maximum absolute atomic E-state index is 12.2. The van der Waals surface area contributed by atoms with E-state index in [-0.39, 0.29) is 12.3 Å². The van der Waals surface area contributed by atoms with Gasteiger partial charge in [-0.3, -0.25) is 4.79 Å². The zero-order valence-corrected chi connectivity index (χ0v) is 13.9. The number of ether oxygens (including phenoxy) is 3. The van der Waals surface area contributed by atoms with Crippen LogP contribution >= 0.6 is 11.6 Å². The minimum absolute atomic E-state index is 0.177. The Morgan fingerprint density at radius 3 is 2.17 bits per heavy atom. The van der Waals surface area contributed by atoms with Crippen molar-refractivity contribution in [3.63, 3.8) is 0 Å². The van der Waals surface area contributed by atoms with Crippen LogP contribution in [-0.2, 0) is 11.2 Å². The second kappa shape index (κ2) is 7.74. The van der Waals surface area contributed by atoms with Gasteiger partial charge in [0, 0.05) is 12.1 Å². The second-order valence-corrected chi connectivity index (χ2v) is 5.17. The number of benzene rings is 2. The molecule has 122 valence electrons. The van der Waals surface area contributed by atoms with E-state index in [9.17, 15) is 4.79 Å². The Hall–Kier alpha value is -2.40. The molecule has 0 aliphatic rings. The molecule has 0 unspecified atom stereocenters. The van der Waals surface area contributed by atoms with Gasteiger partial charge in [-0.2, -0.15) is 0 Å². The van der Waals surface area contributed by atoms with Gasteiger partial charge in [-0.1, -0.05) is 23.7 Å². The van der Waals surface area contributed by atoms with Crippen molar-refractivity contribution in [2.24, 2.45) is 0 Å². The molecular weight excluding hydrogens is 318 g/mol. The van der Waals surface area contributed by atoms with Gasteiger partial charge < -0.3 is 19.5 Å². The molecule has 23 heavy (non-hydrogen) atoms. The molecule has 2 aromatic rings. The van der Waals surface area contributed by atoms with Crippen molar-refractivity contribution in [2.75, 3.05) is 26.6 Å². The van der Waals surface area contributed by atoms with Gasteiger partial charge in [0.05, 0.1) is 38.5 Å². The Bertz CT molecular complexity index is 686. The normalized spacial score (nSPS) is 10.1. The van der Waals surface area contributed by atoms with Crippen molar-refractivity contribution in [1.29, 1.82) is 0 Å². The van der Waals surface area contributed by atoms with Gasteiger partial charge in [-0.15, -0.1) is 0 Å². The van der Waals surface area contributed by atoms with Crippen molar-refractivity contribution in [3.05, 3.63) is 47.0 Å². The maximum atomic E-state index is 12.2. The number of methoxy groups -OCH3 is 3. The van der Waals surface area contributed by atoms with Crippen LogP contribution in [0.5, 0.6) is 17.2 Å². The topological polar surface area (TPSA) is 56.8 Å². The molecule has 0 saturated heterocycles. The molecule has 6 heteroatoms. The summed E-state index contributed by atoms with van der Waals surface area (Å²) in [5, 5.41) is 3.16. The minimum atomic E-state index is -0.177. The largest absolute Gasteiger partial charge is 0.497 e. The van der Waals surface area contributed by atoms with E-state index in [1.165, 1.54) is 14.2 Å². The highest BCUT2D eigenvalue weighted by atomic mass is 35.5. The zero-order chi connectivity index (χ0) is 16.8. The molecule has 0 fully saturated rings. The molecule has 0 aliphatic heterocycles. The summed E-state index contributed by atoms with van der Waals surface area (Å²) in [7, 11) is 4.64. The van der Waals surface area contributed by atoms with Crippen LogP contribution in [0.2, 0.25) is 5.02 Å². The summed E-state index contributed by atoms with van der Waals surface area (Å²) in [6.07, 6.45) is 0.231. The van der Waals surface area contributed by atoms with E-state index >= 15 is 0 Å². The van der Waals surface area contributed by atoms with E-state index in [4.69, 9.17) is 25.8 Å². The predicted octanol–water partition coefficient (Wildman–Crippen LogP) is 3.55. The Kier molecular flexibility index (Phi) is 5.71. The van der Waals surface area contributed by atoms with Crippen molar-refractivity contribution in [2.45, 2.75) is 6.42 Å². The summed E-state index contributed by atoms with van der Waals surface area (Å²) in [5.74, 6) is 1.57. The SMILES string of the molecule is COc1ccc(CC(=O)Nc2cc(OC)c(OC)cc2Cl)cc1. The van der Waals surface area contributed by atoms with E-state index in [0.29, 0.717) is 22.2 Å². The van der Waals surface area contributed by atoms with Crippen molar-refractivity contribution in [3.8, 4) is 17.2 Å². The average Bonchev–Trinajstić information content (AvgIpc) is 2.56. The summed E-state index contributed by atoms with van der Waals surface area (Å²) in [6.45, 7) is 0. The van der Waals surface area contributed by atoms with Gasteiger partial charge in [-0.25, -0.2) is 0 Å². The molecule has 0 atom stereocenters. The number of amides is 1. The van der Waals surface area contributed by atoms with Crippen LogP contribution in [0, 0.1) is 0 Å². The highest BCUT2D eigenvalue weighted by Crippen LogP contribution is 2.36. The van der Waals surface area contributed by atoms with Crippen LogP contribution < -0.4 is 19.5 Å². The number of halogens is 1. The van der Waals surface area contributed by atoms with Crippen LogP contribution in [0.15, 0.2) is 36.4 Å². The molecule has 0 aliphatic carbocycles. The number of hydrogen-bond acceptors (Lipinski definition) is 4. The Morgan fingerprint density at radius 2 is 1.61 bits per heavy atom. The molecule has 0 radical (unpaired) electrons. The predicted molar refractivity (Wildman–Crippen MR) is 89.9 cm³/mol. The molecule has 0 spiro atoms. The van der Waals surface area contributed by atoms with Crippen molar-refractivity contribution in [1.82, 2.24) is 0 Å². The van der Waals surface area contributed by atoms with E-state index in [1.807, 2.05) is 24.3 Å². The average molecular weight is 336 g/mol. The first-order chi connectivity index (χ1) is 11.1. The fourth-order valence-electron chi connectivity index (χ4n) is 2.07. The molecule has 2 rings (SSSR count). The number of nitrogens with one attached hydrogen (secondary N) is 1. The number of anilines is 1. The van der Waals surface area contributed by atoms with Gasteiger partial charge in [-0.05, 0) is 17.7 Å². The molecule has 0 aromatic heterocycles. The molecule has 1 amide bonds. The number of rotatable bonds is 6. The molecule has 2 aromatic carbocycles. The molecular formula is C17H18ClNO4. The lowest BCUT2D eigenvalue weighted by molar-refractivity contribution is -0.115. The van der Waals surface area contributed by atoms with Crippen molar-refractivity contribution < 1.29 is 19.0 Å². The van der Waals surface area contributed by atoms with Crippen LogP contribution in [0.1, 0.15) is 5.56 Å². The smallest absolute Gasteiger partial charge is 0.228 e. The Morgan fingerprint density at radius 1 is 1.00 bits per heavy atom. The maximum Gasteiger partial charge on any atom is 0.228 e. The van der Waals surface area contributed by atoms with Gasteiger partial charge in [0.25, 0.3) is 0 Å². The zero-order valence-electron chi connectivity index (χ0n) is 13.2. The third-order valence-electron chi connectivity index (χ3n) is 3.27. The highest BCUT2D eigenvalue weighted by molar-refractivity contribution is 6.34. The van der Waals surface area contributed by atoms with Crippen LogP contribution in [0.25, 0.3) is 0 Å². The van der Waals surface area contributed by atoms with Gasteiger partial charge in [0.15, 0.2) is 11.5 Å². The summed E-state index contributed by atoms with van der Waals surface area (Å²) >= 11 is 6.16. The first-order valence-electron chi connectivity index (χ1n) is 6.91. The standard InChI is InChI=1S/C17H18ClNO4/c1-21-12-6-4-11(5-7-12)8-17(20)19-14-10-16(23-3)15(22-2)9-13(14)18/h4-7,9-10H,8H2,1-3H3,(H,19,20). The first-order valence-corrected chi connectivity index (χ1v) is 7.29. The number of carbonyl (C=O) groups is 1. The fraction of sp³-hybridized carbons (Fsp3) is 0.235. The molecule has 1 N–H and O–H groups in total. The van der Waals surface area contributed by atoms with Gasteiger partial charge >= 0.3 is 0 Å². The molecule has 0 heterocycles. The van der Waals surface area contributed by atoms with E-state index in [0.717, 1.165) is 11.3 Å². The third-order valence-corrected chi connectivity index (χ3v) is 3.58. The first kappa shape index (κ1) is 17.0. The lowest BCUT2D eigenvalue weighted by atomic mass is 10.1. The lowest BCUT2D eigenvalue weighted by Crippen LogP contribution is -2.14. The van der Waals surface area contributed by atoms with Crippen LogP contribution in [0.3, 0.4) is 0 Å². The minimum Gasteiger partial charge on any atom is -0.497 e. The van der Waals surface area contributed by atoms with E-state index < -0.39 is 0 Å². The van der Waals surface area contributed by atoms with E-state index in [1.54, 1.807) is 19.2 Å². The fourth-order valence-corrected chi connectivity index (χ4v) is 2.27. The molecule has 0 bridgehead atoms. The van der Waals surface area contributed by atoms with E-state index in [2.05, 4.69) is 5.32 Å². The Labute approximate surface area is 140 Å². The lowest BCUT2D eigenvalue weighted by Gasteiger charge is -2.12. The van der Waals surface area contributed by atoms with Crippen LogP contribution in [-0.4, -0.2) is 27.2 Å². The highest BCUT2D eigenvalue weighted by Gasteiger charge is 2.12. The summed E-state index contributed by atoms with van der Waals surface area (Å²) in [4.78, 5) is 12.2. The Balaban J connectivity index is 2.10. The second-order valence-electron chi connectivity index (χ2n) is 4.76. The van der Waals surface area contributed by atoms with Gasteiger partial charge in [0.2, 0.25) is 5.91 Å². The quantitative estimate of drug-likeness (QED) is 0.877. The monoisotopic (exact) mass is 335 g/mol. The van der Waals surface area contributed by atoms with Crippen molar-refractivity contribution >= 4 is 23.2 Å². The molecule has 0 saturated carbocycles. The summed E-state index contributed by atoms with van der Waals surface area (Å²) in [6, 6.07) is 10.5. The number of hydrogen-bond donors (Lipinski definition) is 1. The summed E-state index contributed by atoms with van der Waals surface area (Å²) in [5.41, 5.74) is 1.35. The number of carbonyl (C=O) groups excluding carboxylic acids is 1. The molecule has 5 nitrogen and oxygen atoms in total. The van der Waals surface area contributed by atoms with Gasteiger partial charge in [0.1, 0.15) is 5.75 Å².